The van der Waals surface area contributed by atoms with Crippen LogP contribution in [0.2, 0.25) is 0 Å². The van der Waals surface area contributed by atoms with Crippen molar-refractivity contribution in [2.75, 3.05) is 5.32 Å². The number of benzene rings is 1. The highest BCUT2D eigenvalue weighted by Gasteiger charge is 2.22. The van der Waals surface area contributed by atoms with Crippen LogP contribution in [0.5, 0.6) is 5.88 Å². The molecule has 4 rings (SSSR count). The molecule has 2 aromatic heterocycles. The van der Waals surface area contributed by atoms with Crippen molar-refractivity contribution in [1.82, 2.24) is 15.0 Å². The van der Waals surface area contributed by atoms with E-state index < -0.39 is 23.8 Å². The lowest BCUT2D eigenvalue weighted by Gasteiger charge is -2.25. The third-order valence-corrected chi connectivity index (χ3v) is 5.12. The molecular formula is C21H21F3N4O. The van der Waals surface area contributed by atoms with Gasteiger partial charge in [-0.05, 0) is 33.1 Å². The zero-order chi connectivity index (χ0) is 20.5. The van der Waals surface area contributed by atoms with Crippen molar-refractivity contribution < 1.29 is 17.9 Å². The maximum atomic E-state index is 14.5. The first-order valence-corrected chi connectivity index (χ1v) is 9.56. The van der Waals surface area contributed by atoms with Crippen LogP contribution in [0, 0.1) is 12.7 Å². The van der Waals surface area contributed by atoms with Gasteiger partial charge in [-0.25, -0.2) is 28.1 Å². The van der Waals surface area contributed by atoms with Gasteiger partial charge in [0.05, 0.1) is 23.3 Å². The number of nitrogens with zero attached hydrogens (tertiary/aromatic N) is 3. The third-order valence-electron chi connectivity index (χ3n) is 5.12. The van der Waals surface area contributed by atoms with Gasteiger partial charge < -0.3 is 10.1 Å². The quantitative estimate of drug-likeness (QED) is 0.589. The molecule has 8 heteroatoms. The normalized spacial score (nSPS) is 15.4. The zero-order valence-corrected chi connectivity index (χ0v) is 16.1. The lowest BCUT2D eigenvalue weighted by Crippen LogP contribution is -2.24. The van der Waals surface area contributed by atoms with Crippen molar-refractivity contribution in [2.24, 2.45) is 0 Å². The van der Waals surface area contributed by atoms with Crippen LogP contribution in [0.1, 0.15) is 55.6 Å². The van der Waals surface area contributed by atoms with E-state index in [1.807, 2.05) is 0 Å². The lowest BCUT2D eigenvalue weighted by molar-refractivity contribution is 0.115. The second-order valence-electron chi connectivity index (χ2n) is 7.25. The van der Waals surface area contributed by atoms with Crippen molar-refractivity contribution in [2.45, 2.75) is 51.7 Å². The van der Waals surface area contributed by atoms with Gasteiger partial charge >= 0.3 is 0 Å². The first kappa shape index (κ1) is 19.4. The van der Waals surface area contributed by atoms with Crippen molar-refractivity contribution in [3.8, 4) is 5.88 Å². The highest BCUT2D eigenvalue weighted by molar-refractivity contribution is 5.89. The van der Waals surface area contributed by atoms with Crippen molar-refractivity contribution >= 4 is 16.7 Å². The topological polar surface area (TPSA) is 59.9 Å². The van der Waals surface area contributed by atoms with E-state index in [2.05, 4.69) is 20.3 Å². The Labute approximate surface area is 166 Å². The second kappa shape index (κ2) is 7.85. The number of rotatable bonds is 6. The number of pyridine rings is 1. The van der Waals surface area contributed by atoms with Crippen LogP contribution >= 0.6 is 0 Å². The van der Waals surface area contributed by atoms with Crippen LogP contribution in [0.25, 0.3) is 10.9 Å². The van der Waals surface area contributed by atoms with Gasteiger partial charge in [0.1, 0.15) is 23.6 Å². The SMILES string of the molecule is Cc1nc(N[C@H](C)c2cccc(C(F)F)c2F)c2cc(OC3CCC3)ncc2n1. The van der Waals surface area contributed by atoms with Crippen LogP contribution in [0.15, 0.2) is 30.5 Å². The molecule has 1 N–H and O–H groups in total. The average Bonchev–Trinajstić information content (AvgIpc) is 2.64. The minimum Gasteiger partial charge on any atom is -0.474 e. The Hall–Kier alpha value is -2.90. The number of fused-ring (bicyclic) bond motifs is 1. The van der Waals surface area contributed by atoms with Gasteiger partial charge in [-0.3, -0.25) is 0 Å². The number of nitrogens with one attached hydrogen (secondary N) is 1. The highest BCUT2D eigenvalue weighted by Crippen LogP contribution is 2.32. The largest absolute Gasteiger partial charge is 0.474 e. The Kier molecular flexibility index (Phi) is 5.25. The van der Waals surface area contributed by atoms with Crippen molar-refractivity contribution in [3.05, 3.63) is 53.2 Å². The molecule has 0 unspecified atom stereocenters. The molecule has 3 aromatic rings. The highest BCUT2D eigenvalue weighted by atomic mass is 19.3. The van der Waals surface area contributed by atoms with Crippen LogP contribution in [-0.4, -0.2) is 21.1 Å². The first-order chi connectivity index (χ1) is 13.9. The summed E-state index contributed by atoms with van der Waals surface area (Å²) in [5.74, 6) is 0.565. The molecule has 1 aliphatic rings. The predicted octanol–water partition coefficient (Wildman–Crippen LogP) is 5.51. The predicted molar refractivity (Wildman–Crippen MR) is 104 cm³/mol. The Bertz CT molecular complexity index is 1040. The summed E-state index contributed by atoms with van der Waals surface area (Å²) in [7, 11) is 0. The van der Waals surface area contributed by atoms with Crippen molar-refractivity contribution in [1.29, 1.82) is 0 Å². The summed E-state index contributed by atoms with van der Waals surface area (Å²) in [5, 5.41) is 3.82. The number of aromatic nitrogens is 3. The zero-order valence-electron chi connectivity index (χ0n) is 16.1. The number of halogens is 3. The van der Waals surface area contributed by atoms with Gasteiger partial charge in [-0.15, -0.1) is 0 Å². The molecule has 0 radical (unpaired) electrons. The molecule has 5 nitrogen and oxygen atoms in total. The molecule has 1 fully saturated rings. The summed E-state index contributed by atoms with van der Waals surface area (Å²) < 4.78 is 46.5. The van der Waals surface area contributed by atoms with Gasteiger partial charge in [0.25, 0.3) is 6.43 Å². The molecule has 0 bridgehead atoms. The Balaban J connectivity index is 1.67. The number of anilines is 1. The fourth-order valence-electron chi connectivity index (χ4n) is 3.32. The maximum absolute atomic E-state index is 14.5. The van der Waals surface area contributed by atoms with E-state index in [0.717, 1.165) is 25.3 Å². The Morgan fingerprint density at radius 2 is 1.93 bits per heavy atom. The summed E-state index contributed by atoms with van der Waals surface area (Å²) in [6.45, 7) is 3.44. The van der Waals surface area contributed by atoms with Gasteiger partial charge in [0.15, 0.2) is 0 Å². The summed E-state index contributed by atoms with van der Waals surface area (Å²) in [4.78, 5) is 13.1. The Morgan fingerprint density at radius 3 is 2.62 bits per heavy atom. The molecule has 0 saturated heterocycles. The van der Waals surface area contributed by atoms with Crippen LogP contribution in [-0.2, 0) is 0 Å². The number of ether oxygens (including phenoxy) is 1. The fourth-order valence-corrected chi connectivity index (χ4v) is 3.32. The lowest BCUT2D eigenvalue weighted by atomic mass is 9.96. The molecule has 0 spiro atoms. The van der Waals surface area contributed by atoms with Crippen LogP contribution < -0.4 is 10.1 Å². The Morgan fingerprint density at radius 1 is 1.17 bits per heavy atom. The summed E-state index contributed by atoms with van der Waals surface area (Å²) in [6.07, 6.45) is 2.08. The maximum Gasteiger partial charge on any atom is 0.266 e. The molecule has 0 amide bonds. The van der Waals surface area contributed by atoms with Gasteiger partial charge in [-0.2, -0.15) is 0 Å². The van der Waals surface area contributed by atoms with Gasteiger partial charge in [0.2, 0.25) is 5.88 Å². The number of aryl methyl sites for hydroxylation is 1. The first-order valence-electron chi connectivity index (χ1n) is 9.56. The minimum atomic E-state index is -2.87. The molecule has 1 atom stereocenters. The molecular weight excluding hydrogens is 381 g/mol. The summed E-state index contributed by atoms with van der Waals surface area (Å²) >= 11 is 0. The molecule has 1 aliphatic carbocycles. The number of hydrogen-bond donors (Lipinski definition) is 1. The van der Waals surface area contributed by atoms with Crippen LogP contribution in [0.3, 0.4) is 0 Å². The fraction of sp³-hybridized carbons (Fsp3) is 0.381. The molecule has 1 saturated carbocycles. The van der Waals surface area contributed by atoms with E-state index in [9.17, 15) is 13.2 Å². The van der Waals surface area contributed by atoms with E-state index in [1.54, 1.807) is 26.1 Å². The second-order valence-corrected chi connectivity index (χ2v) is 7.25. The number of hydrogen-bond acceptors (Lipinski definition) is 5. The average molecular weight is 402 g/mol. The van der Waals surface area contributed by atoms with E-state index >= 15 is 0 Å². The van der Waals surface area contributed by atoms with E-state index in [1.165, 1.54) is 12.1 Å². The van der Waals surface area contributed by atoms with Crippen molar-refractivity contribution in [3.63, 3.8) is 0 Å². The number of alkyl halides is 2. The standard InChI is InChI=1S/C21H21F3N4O/c1-11(14-7-4-8-15(19(14)22)20(23)24)26-21-16-9-18(29-13-5-3-6-13)25-10-17(16)27-12(2)28-21/h4,7-11,13,20H,3,5-6H2,1-2H3,(H,26,27,28)/t11-/m1/s1. The van der Waals surface area contributed by atoms with Crippen LogP contribution in [0.4, 0.5) is 19.0 Å². The van der Waals surface area contributed by atoms with E-state index in [0.29, 0.717) is 28.4 Å². The van der Waals surface area contributed by atoms with E-state index in [4.69, 9.17) is 4.74 Å². The van der Waals surface area contributed by atoms with Gasteiger partial charge in [-0.1, -0.05) is 18.2 Å². The molecule has 29 heavy (non-hydrogen) atoms. The summed E-state index contributed by atoms with van der Waals surface area (Å²) in [6, 6.07) is 5.18. The minimum absolute atomic E-state index is 0.146. The molecule has 1 aromatic carbocycles. The van der Waals surface area contributed by atoms with E-state index in [-0.39, 0.29) is 11.7 Å². The molecule has 2 heterocycles. The summed E-state index contributed by atoms with van der Waals surface area (Å²) in [5.41, 5.74) is 0.155. The smallest absolute Gasteiger partial charge is 0.266 e. The van der Waals surface area contributed by atoms with Gasteiger partial charge in [0, 0.05) is 17.0 Å². The third kappa shape index (κ3) is 3.97. The monoisotopic (exact) mass is 402 g/mol. The molecule has 152 valence electrons. The molecule has 0 aliphatic heterocycles.